The van der Waals surface area contributed by atoms with E-state index in [1.807, 2.05) is 13.0 Å². The van der Waals surface area contributed by atoms with E-state index in [0.717, 1.165) is 31.3 Å². The average Bonchev–Trinajstić information content (AvgIpc) is 2.92. The Bertz CT molecular complexity index is 748. The van der Waals surface area contributed by atoms with E-state index in [1.165, 1.54) is 12.0 Å². The molecule has 4 nitrogen and oxygen atoms in total. The highest BCUT2D eigenvalue weighted by Gasteiger charge is 2.69. The normalized spacial score (nSPS) is 47.2. The summed E-state index contributed by atoms with van der Waals surface area (Å²) in [5.74, 6) is 1.04. The van der Waals surface area contributed by atoms with Crippen molar-refractivity contribution >= 4 is 5.57 Å². The Kier molecular flexibility index (Phi) is 4.48. The molecule has 1 aliphatic carbocycles. The van der Waals surface area contributed by atoms with Crippen molar-refractivity contribution in [3.05, 3.63) is 42.5 Å². The maximum atomic E-state index is 6.66. The minimum absolute atomic E-state index is 0.0777. The molecule has 1 saturated carbocycles. The lowest BCUT2D eigenvalue weighted by Gasteiger charge is -2.60. The van der Waals surface area contributed by atoms with Gasteiger partial charge in [0, 0.05) is 12.3 Å². The van der Waals surface area contributed by atoms with Crippen LogP contribution >= 0.6 is 0 Å². The molecule has 1 aromatic carbocycles. The van der Waals surface area contributed by atoms with Crippen LogP contribution < -0.4 is 0 Å². The molecule has 0 unspecified atom stereocenters. The van der Waals surface area contributed by atoms with Gasteiger partial charge in [0.2, 0.25) is 5.79 Å². The Labute approximate surface area is 168 Å². The van der Waals surface area contributed by atoms with E-state index in [0.29, 0.717) is 23.7 Å². The van der Waals surface area contributed by atoms with E-state index < -0.39 is 11.4 Å². The maximum Gasteiger partial charge on any atom is 0.201 e. The fourth-order valence-electron chi connectivity index (χ4n) is 6.25. The zero-order valence-corrected chi connectivity index (χ0v) is 17.2. The summed E-state index contributed by atoms with van der Waals surface area (Å²) in [7, 11) is 0. The molecule has 6 rings (SSSR count). The SMILES string of the molecule is C=C(C[C@H]1O[C@@H]2O[C@@]3(C)CC[C@H]4[C@H](C)CC[C@@H]([C@H]1C)[C@@]24OO3)c1ccccc1. The molecule has 0 aromatic heterocycles. The summed E-state index contributed by atoms with van der Waals surface area (Å²) < 4.78 is 13.1. The Morgan fingerprint density at radius 2 is 1.86 bits per heavy atom. The number of fused-ring (bicyclic) bond motifs is 2. The second kappa shape index (κ2) is 6.66. The summed E-state index contributed by atoms with van der Waals surface area (Å²) in [6, 6.07) is 10.4. The van der Waals surface area contributed by atoms with Gasteiger partial charge in [-0.05, 0) is 61.5 Å². The smallest absolute Gasteiger partial charge is 0.201 e. The fourth-order valence-corrected chi connectivity index (χ4v) is 6.25. The molecule has 0 N–H and O–H groups in total. The minimum Gasteiger partial charge on any atom is -0.346 e. The lowest BCUT2D eigenvalue weighted by molar-refractivity contribution is -0.570. The second-order valence-electron chi connectivity index (χ2n) is 9.62. The Morgan fingerprint density at radius 1 is 1.07 bits per heavy atom. The van der Waals surface area contributed by atoms with Crippen LogP contribution in [0.15, 0.2) is 36.9 Å². The third-order valence-corrected chi connectivity index (χ3v) is 7.92. The van der Waals surface area contributed by atoms with Crippen LogP contribution in [0.2, 0.25) is 0 Å². The van der Waals surface area contributed by atoms with E-state index in [1.54, 1.807) is 0 Å². The topological polar surface area (TPSA) is 36.9 Å². The standard InChI is InChI=1S/C24H32O4/c1-15-10-11-20-17(3)21(14-16(2)18-8-6-5-7-9-18)25-22-24(20)19(15)12-13-23(4,26-22)27-28-24/h5-9,15,17,19-22H,2,10-14H2,1,3-4H3/t15-,17-,19+,20+,21-,22-,23-,24-/m1/s1. The first kappa shape index (κ1) is 18.8. The molecule has 5 fully saturated rings. The van der Waals surface area contributed by atoms with Gasteiger partial charge in [-0.15, -0.1) is 0 Å². The maximum absolute atomic E-state index is 6.66. The van der Waals surface area contributed by atoms with Gasteiger partial charge in [0.25, 0.3) is 0 Å². The van der Waals surface area contributed by atoms with E-state index in [9.17, 15) is 0 Å². The molecule has 4 heterocycles. The van der Waals surface area contributed by atoms with Crippen molar-refractivity contribution in [2.24, 2.45) is 23.7 Å². The summed E-state index contributed by atoms with van der Waals surface area (Å²) in [5, 5.41) is 0. The van der Waals surface area contributed by atoms with Gasteiger partial charge in [-0.25, -0.2) is 9.78 Å². The predicted octanol–water partition coefficient (Wildman–Crippen LogP) is 5.34. The summed E-state index contributed by atoms with van der Waals surface area (Å²) in [6.45, 7) is 11.0. The number of hydrogen-bond acceptors (Lipinski definition) is 4. The quantitative estimate of drug-likeness (QED) is 0.659. The van der Waals surface area contributed by atoms with Crippen LogP contribution in [0.4, 0.5) is 0 Å². The van der Waals surface area contributed by atoms with Crippen LogP contribution in [0.25, 0.3) is 5.57 Å². The van der Waals surface area contributed by atoms with Gasteiger partial charge in [-0.1, -0.05) is 50.8 Å². The molecule has 28 heavy (non-hydrogen) atoms. The van der Waals surface area contributed by atoms with Crippen LogP contribution in [0, 0.1) is 23.7 Å². The van der Waals surface area contributed by atoms with Crippen LogP contribution in [0.3, 0.4) is 0 Å². The molecule has 1 spiro atoms. The Balaban J connectivity index is 1.46. The zero-order valence-electron chi connectivity index (χ0n) is 17.2. The summed E-state index contributed by atoms with van der Waals surface area (Å²) in [5.41, 5.74) is 1.83. The molecule has 8 atom stereocenters. The summed E-state index contributed by atoms with van der Waals surface area (Å²) >= 11 is 0. The average molecular weight is 385 g/mol. The molecule has 2 bridgehead atoms. The van der Waals surface area contributed by atoms with Crippen molar-refractivity contribution in [2.75, 3.05) is 0 Å². The highest BCUT2D eigenvalue weighted by Crippen LogP contribution is 2.60. The molecule has 4 aliphatic heterocycles. The van der Waals surface area contributed by atoms with Gasteiger partial charge in [0.05, 0.1) is 6.10 Å². The summed E-state index contributed by atoms with van der Waals surface area (Å²) in [4.78, 5) is 12.1. The highest BCUT2D eigenvalue weighted by atomic mass is 17.3. The van der Waals surface area contributed by atoms with Crippen molar-refractivity contribution < 1.29 is 19.2 Å². The number of benzene rings is 1. The third-order valence-electron chi connectivity index (χ3n) is 7.92. The largest absolute Gasteiger partial charge is 0.346 e. The first-order chi connectivity index (χ1) is 13.4. The zero-order chi connectivity index (χ0) is 19.5. The minimum atomic E-state index is -0.709. The number of hydrogen-bond donors (Lipinski definition) is 0. The van der Waals surface area contributed by atoms with Crippen molar-refractivity contribution in [1.29, 1.82) is 0 Å². The molecule has 4 saturated heterocycles. The van der Waals surface area contributed by atoms with E-state index in [2.05, 4.69) is 44.7 Å². The van der Waals surface area contributed by atoms with Crippen LogP contribution in [0.5, 0.6) is 0 Å². The van der Waals surface area contributed by atoms with E-state index in [-0.39, 0.29) is 12.4 Å². The molecule has 0 radical (unpaired) electrons. The molecular formula is C24H32O4. The predicted molar refractivity (Wildman–Crippen MR) is 107 cm³/mol. The molecule has 5 aliphatic rings. The van der Waals surface area contributed by atoms with E-state index in [4.69, 9.17) is 19.2 Å². The molecular weight excluding hydrogens is 352 g/mol. The molecule has 1 aromatic rings. The lowest BCUT2D eigenvalue weighted by Crippen LogP contribution is -2.70. The summed E-state index contributed by atoms with van der Waals surface area (Å²) in [6.07, 6.45) is 4.82. The van der Waals surface area contributed by atoms with Crippen molar-refractivity contribution in [1.82, 2.24) is 0 Å². The van der Waals surface area contributed by atoms with E-state index >= 15 is 0 Å². The van der Waals surface area contributed by atoms with Crippen molar-refractivity contribution in [3.8, 4) is 0 Å². The molecule has 4 heteroatoms. The molecule has 152 valence electrons. The number of ether oxygens (including phenoxy) is 2. The van der Waals surface area contributed by atoms with Crippen LogP contribution in [-0.4, -0.2) is 23.8 Å². The van der Waals surface area contributed by atoms with Gasteiger partial charge >= 0.3 is 0 Å². The van der Waals surface area contributed by atoms with Gasteiger partial charge in [-0.2, -0.15) is 0 Å². The monoisotopic (exact) mass is 384 g/mol. The number of rotatable bonds is 3. The first-order valence-electron chi connectivity index (χ1n) is 10.9. The highest BCUT2D eigenvalue weighted by molar-refractivity contribution is 5.63. The Morgan fingerprint density at radius 3 is 2.64 bits per heavy atom. The van der Waals surface area contributed by atoms with Crippen LogP contribution in [0.1, 0.15) is 58.4 Å². The van der Waals surface area contributed by atoms with Gasteiger partial charge in [0.15, 0.2) is 11.9 Å². The lowest BCUT2D eigenvalue weighted by atomic mass is 9.57. The van der Waals surface area contributed by atoms with Gasteiger partial charge in [-0.3, -0.25) is 0 Å². The second-order valence-corrected chi connectivity index (χ2v) is 9.62. The first-order valence-corrected chi connectivity index (χ1v) is 10.9. The van der Waals surface area contributed by atoms with Gasteiger partial charge in [0.1, 0.15) is 0 Å². The van der Waals surface area contributed by atoms with Crippen molar-refractivity contribution in [2.45, 2.75) is 76.7 Å². The Hall–Kier alpha value is -1.20. The molecule has 0 amide bonds. The van der Waals surface area contributed by atoms with Gasteiger partial charge < -0.3 is 9.47 Å². The van der Waals surface area contributed by atoms with Crippen molar-refractivity contribution in [3.63, 3.8) is 0 Å². The third kappa shape index (κ3) is 2.72. The fraction of sp³-hybridized carbons (Fsp3) is 0.667. The van der Waals surface area contributed by atoms with Crippen LogP contribution in [-0.2, 0) is 19.2 Å².